The number of thiophene rings is 1. The van der Waals surface area contributed by atoms with Crippen LogP contribution in [0.2, 0.25) is 0 Å². The topological polar surface area (TPSA) is 87.3 Å². The molecule has 0 aliphatic rings. The maximum absolute atomic E-state index is 11.5. The number of carbonyl (C=O) groups is 3. The van der Waals surface area contributed by atoms with Gasteiger partial charge in [-0.3, -0.25) is 14.4 Å². The van der Waals surface area contributed by atoms with E-state index in [0.29, 0.717) is 18.0 Å². The van der Waals surface area contributed by atoms with Gasteiger partial charge in [0.2, 0.25) is 11.8 Å². The molecule has 0 fully saturated rings. The Morgan fingerprint density at radius 1 is 1.17 bits per heavy atom. The summed E-state index contributed by atoms with van der Waals surface area (Å²) in [6.45, 7) is 2.05. The van der Waals surface area contributed by atoms with Crippen LogP contribution < -0.4 is 16.0 Å². The highest BCUT2D eigenvalue weighted by atomic mass is 32.1. The first kappa shape index (κ1) is 14.2. The van der Waals surface area contributed by atoms with Crippen molar-refractivity contribution in [1.82, 2.24) is 16.0 Å². The standard InChI is InChI=1S/C11H15N3O3S/c1-8(15)12-4-5-13-10(16)7-14-11(17)9-3-2-6-18-9/h2-3,6H,4-5,7H2,1H3,(H,12,15)(H,13,16)(H,14,17). The van der Waals surface area contributed by atoms with Crippen LogP contribution in [0, 0.1) is 0 Å². The number of nitrogens with one attached hydrogen (secondary N) is 3. The maximum atomic E-state index is 11.5. The average Bonchev–Trinajstić information content (AvgIpc) is 2.85. The molecule has 1 heterocycles. The summed E-state index contributed by atoms with van der Waals surface area (Å²) in [7, 11) is 0. The molecule has 3 N–H and O–H groups in total. The summed E-state index contributed by atoms with van der Waals surface area (Å²) in [5, 5.41) is 9.42. The molecule has 0 radical (unpaired) electrons. The predicted octanol–water partition coefficient (Wildman–Crippen LogP) is -0.270. The summed E-state index contributed by atoms with van der Waals surface area (Å²) in [6, 6.07) is 3.46. The molecule has 0 saturated heterocycles. The van der Waals surface area contributed by atoms with E-state index < -0.39 is 0 Å². The number of carbonyl (C=O) groups excluding carboxylic acids is 3. The third kappa shape index (κ3) is 5.44. The lowest BCUT2D eigenvalue weighted by Crippen LogP contribution is -2.40. The van der Waals surface area contributed by atoms with Crippen LogP contribution in [0.25, 0.3) is 0 Å². The minimum atomic E-state index is -0.287. The van der Waals surface area contributed by atoms with Crippen LogP contribution in [0.4, 0.5) is 0 Å². The van der Waals surface area contributed by atoms with Gasteiger partial charge >= 0.3 is 0 Å². The van der Waals surface area contributed by atoms with Gasteiger partial charge in [0.25, 0.3) is 5.91 Å². The first-order valence-corrected chi connectivity index (χ1v) is 6.30. The summed E-state index contributed by atoms with van der Waals surface area (Å²) in [4.78, 5) is 33.9. The van der Waals surface area contributed by atoms with Gasteiger partial charge < -0.3 is 16.0 Å². The van der Waals surface area contributed by atoms with E-state index in [2.05, 4.69) is 16.0 Å². The highest BCUT2D eigenvalue weighted by Gasteiger charge is 2.07. The molecule has 0 spiro atoms. The minimum Gasteiger partial charge on any atom is -0.355 e. The molecule has 0 atom stereocenters. The molecular weight excluding hydrogens is 254 g/mol. The Morgan fingerprint density at radius 2 is 1.89 bits per heavy atom. The zero-order chi connectivity index (χ0) is 13.4. The lowest BCUT2D eigenvalue weighted by Gasteiger charge is -2.06. The van der Waals surface area contributed by atoms with E-state index in [-0.39, 0.29) is 24.3 Å². The Balaban J connectivity index is 2.13. The summed E-state index contributed by atoms with van der Waals surface area (Å²) >= 11 is 1.32. The van der Waals surface area contributed by atoms with Crippen LogP contribution in [-0.4, -0.2) is 37.4 Å². The number of rotatable bonds is 6. The molecule has 0 bridgehead atoms. The normalized spacial score (nSPS) is 9.61. The highest BCUT2D eigenvalue weighted by molar-refractivity contribution is 7.12. The lowest BCUT2D eigenvalue weighted by molar-refractivity contribution is -0.121. The molecule has 1 aromatic heterocycles. The second-order valence-electron chi connectivity index (χ2n) is 3.49. The van der Waals surface area contributed by atoms with E-state index in [1.165, 1.54) is 18.3 Å². The number of hydrogen-bond acceptors (Lipinski definition) is 4. The molecule has 0 aliphatic carbocycles. The van der Waals surface area contributed by atoms with E-state index in [9.17, 15) is 14.4 Å². The third-order valence-corrected chi connectivity index (χ3v) is 2.84. The molecule has 0 aliphatic heterocycles. The molecule has 1 rings (SSSR count). The van der Waals surface area contributed by atoms with E-state index in [1.54, 1.807) is 17.5 Å². The van der Waals surface area contributed by atoms with Gasteiger partial charge in [-0.05, 0) is 11.4 Å². The Kier molecular flexibility index (Phi) is 5.86. The average molecular weight is 269 g/mol. The van der Waals surface area contributed by atoms with Crippen LogP contribution in [0.3, 0.4) is 0 Å². The van der Waals surface area contributed by atoms with Crippen LogP contribution in [0.5, 0.6) is 0 Å². The van der Waals surface area contributed by atoms with Crippen molar-refractivity contribution in [3.63, 3.8) is 0 Å². The summed E-state index contributed by atoms with van der Waals surface area (Å²) in [5.74, 6) is -0.692. The van der Waals surface area contributed by atoms with Crippen molar-refractivity contribution < 1.29 is 14.4 Å². The zero-order valence-corrected chi connectivity index (χ0v) is 10.8. The Labute approximate surface area is 109 Å². The van der Waals surface area contributed by atoms with Crippen molar-refractivity contribution in [2.24, 2.45) is 0 Å². The van der Waals surface area contributed by atoms with Gasteiger partial charge in [-0.15, -0.1) is 11.3 Å². The Morgan fingerprint density at radius 3 is 2.50 bits per heavy atom. The predicted molar refractivity (Wildman–Crippen MR) is 68.3 cm³/mol. The fourth-order valence-electron chi connectivity index (χ4n) is 1.16. The van der Waals surface area contributed by atoms with Gasteiger partial charge in [0, 0.05) is 20.0 Å². The molecule has 0 saturated carbocycles. The molecule has 0 aromatic carbocycles. The number of amides is 3. The molecule has 98 valence electrons. The van der Waals surface area contributed by atoms with Crippen molar-refractivity contribution in [3.8, 4) is 0 Å². The molecule has 7 heteroatoms. The lowest BCUT2D eigenvalue weighted by atomic mass is 10.4. The second kappa shape index (κ2) is 7.44. The van der Waals surface area contributed by atoms with E-state index in [4.69, 9.17) is 0 Å². The first-order valence-electron chi connectivity index (χ1n) is 5.42. The van der Waals surface area contributed by atoms with E-state index in [0.717, 1.165) is 0 Å². The van der Waals surface area contributed by atoms with Crippen molar-refractivity contribution in [2.75, 3.05) is 19.6 Å². The van der Waals surface area contributed by atoms with Crippen LogP contribution in [-0.2, 0) is 9.59 Å². The third-order valence-electron chi connectivity index (χ3n) is 1.98. The summed E-state index contributed by atoms with van der Waals surface area (Å²) in [5.41, 5.74) is 0. The van der Waals surface area contributed by atoms with Crippen molar-refractivity contribution in [2.45, 2.75) is 6.92 Å². The van der Waals surface area contributed by atoms with Gasteiger partial charge in [-0.25, -0.2) is 0 Å². The van der Waals surface area contributed by atoms with E-state index >= 15 is 0 Å². The molecule has 3 amide bonds. The van der Waals surface area contributed by atoms with Crippen molar-refractivity contribution in [3.05, 3.63) is 22.4 Å². The largest absolute Gasteiger partial charge is 0.355 e. The Hall–Kier alpha value is -1.89. The van der Waals surface area contributed by atoms with Gasteiger partial charge in [0.15, 0.2) is 0 Å². The first-order chi connectivity index (χ1) is 8.59. The van der Waals surface area contributed by atoms with Gasteiger partial charge in [0.1, 0.15) is 0 Å². The van der Waals surface area contributed by atoms with Crippen LogP contribution in [0.1, 0.15) is 16.6 Å². The quantitative estimate of drug-likeness (QED) is 0.621. The van der Waals surface area contributed by atoms with E-state index in [1.807, 2.05) is 0 Å². The summed E-state index contributed by atoms with van der Waals surface area (Å²) in [6.07, 6.45) is 0. The maximum Gasteiger partial charge on any atom is 0.261 e. The zero-order valence-electron chi connectivity index (χ0n) is 9.99. The van der Waals surface area contributed by atoms with Crippen molar-refractivity contribution in [1.29, 1.82) is 0 Å². The fraction of sp³-hybridized carbons (Fsp3) is 0.364. The fourth-order valence-corrected chi connectivity index (χ4v) is 1.80. The van der Waals surface area contributed by atoms with Crippen LogP contribution >= 0.6 is 11.3 Å². The van der Waals surface area contributed by atoms with Gasteiger partial charge in [0.05, 0.1) is 11.4 Å². The highest BCUT2D eigenvalue weighted by Crippen LogP contribution is 2.07. The van der Waals surface area contributed by atoms with Crippen molar-refractivity contribution >= 4 is 29.1 Å². The molecular formula is C11H15N3O3S. The molecule has 6 nitrogen and oxygen atoms in total. The summed E-state index contributed by atoms with van der Waals surface area (Å²) < 4.78 is 0. The SMILES string of the molecule is CC(=O)NCCNC(=O)CNC(=O)c1cccs1. The monoisotopic (exact) mass is 269 g/mol. The smallest absolute Gasteiger partial charge is 0.261 e. The molecule has 0 unspecified atom stereocenters. The minimum absolute atomic E-state index is 0.0726. The second-order valence-corrected chi connectivity index (χ2v) is 4.44. The van der Waals surface area contributed by atoms with Gasteiger partial charge in [-0.1, -0.05) is 6.07 Å². The number of hydrogen-bond donors (Lipinski definition) is 3. The molecule has 18 heavy (non-hydrogen) atoms. The Bertz CT molecular complexity index is 417. The molecule has 1 aromatic rings. The van der Waals surface area contributed by atoms with Gasteiger partial charge in [-0.2, -0.15) is 0 Å². The van der Waals surface area contributed by atoms with Crippen LogP contribution in [0.15, 0.2) is 17.5 Å².